The summed E-state index contributed by atoms with van der Waals surface area (Å²) in [5.41, 5.74) is 4.14. The Kier molecular flexibility index (Phi) is 4.33. The van der Waals surface area contributed by atoms with Crippen LogP contribution < -0.4 is 0 Å². The van der Waals surface area contributed by atoms with Crippen LogP contribution in [-0.2, 0) is 0 Å². The van der Waals surface area contributed by atoms with E-state index in [-0.39, 0.29) is 11.9 Å². The molecule has 0 aliphatic heterocycles. The molecule has 0 aliphatic carbocycles. The SMILES string of the molecule is CC(CC=N)n1ccc(-c2ccc(F)cc2)c1-c1ccncc1. The molecule has 0 saturated carbocycles. The van der Waals surface area contributed by atoms with E-state index in [0.717, 1.165) is 22.4 Å². The quantitative estimate of drug-likeness (QED) is 0.665. The summed E-state index contributed by atoms with van der Waals surface area (Å²) in [6.45, 7) is 2.09. The second-order valence-corrected chi connectivity index (χ2v) is 5.52. The maximum absolute atomic E-state index is 13.2. The molecule has 0 fully saturated rings. The fourth-order valence-corrected chi connectivity index (χ4v) is 2.78. The molecule has 1 unspecified atom stereocenters. The van der Waals surface area contributed by atoms with Crippen molar-refractivity contribution in [1.29, 1.82) is 5.41 Å². The van der Waals surface area contributed by atoms with Crippen LogP contribution in [0.3, 0.4) is 0 Å². The Morgan fingerprint density at radius 1 is 1.09 bits per heavy atom. The summed E-state index contributed by atoms with van der Waals surface area (Å²) in [4.78, 5) is 4.09. The van der Waals surface area contributed by atoms with Gasteiger partial charge in [-0.3, -0.25) is 4.98 Å². The molecule has 3 rings (SSSR count). The molecule has 0 saturated heterocycles. The maximum atomic E-state index is 13.2. The van der Waals surface area contributed by atoms with Crippen LogP contribution in [0.5, 0.6) is 0 Å². The van der Waals surface area contributed by atoms with E-state index < -0.39 is 0 Å². The minimum Gasteiger partial charge on any atom is -0.344 e. The number of nitrogens with zero attached hydrogens (tertiary/aromatic N) is 2. The van der Waals surface area contributed by atoms with Crippen LogP contribution in [0.4, 0.5) is 4.39 Å². The zero-order valence-electron chi connectivity index (χ0n) is 12.9. The van der Waals surface area contributed by atoms with Crippen molar-refractivity contribution >= 4 is 6.21 Å². The molecule has 23 heavy (non-hydrogen) atoms. The van der Waals surface area contributed by atoms with Crippen LogP contribution in [0.25, 0.3) is 22.4 Å². The number of rotatable bonds is 5. The molecule has 0 bridgehead atoms. The van der Waals surface area contributed by atoms with E-state index >= 15 is 0 Å². The lowest BCUT2D eigenvalue weighted by atomic mass is 10.0. The highest BCUT2D eigenvalue weighted by molar-refractivity contribution is 5.81. The minimum atomic E-state index is -0.240. The second kappa shape index (κ2) is 6.57. The number of pyridine rings is 1. The maximum Gasteiger partial charge on any atom is 0.123 e. The number of halogens is 1. The van der Waals surface area contributed by atoms with Gasteiger partial charge in [0.2, 0.25) is 0 Å². The number of benzene rings is 1. The smallest absolute Gasteiger partial charge is 0.123 e. The van der Waals surface area contributed by atoms with Crippen molar-refractivity contribution in [2.24, 2.45) is 0 Å². The predicted octanol–water partition coefficient (Wildman–Crippen LogP) is 4.96. The molecule has 0 aliphatic rings. The Labute approximate surface area is 134 Å². The third kappa shape index (κ3) is 3.06. The molecule has 2 aromatic heterocycles. The molecule has 0 radical (unpaired) electrons. The number of hydrogen-bond acceptors (Lipinski definition) is 2. The summed E-state index contributed by atoms with van der Waals surface area (Å²) in [5, 5.41) is 7.36. The summed E-state index contributed by atoms with van der Waals surface area (Å²) in [7, 11) is 0. The molecule has 2 heterocycles. The van der Waals surface area contributed by atoms with Crippen molar-refractivity contribution < 1.29 is 4.39 Å². The third-order valence-corrected chi connectivity index (χ3v) is 3.96. The van der Waals surface area contributed by atoms with Gasteiger partial charge in [0.05, 0.1) is 5.69 Å². The minimum absolute atomic E-state index is 0.171. The highest BCUT2D eigenvalue weighted by atomic mass is 19.1. The van der Waals surface area contributed by atoms with Gasteiger partial charge >= 0.3 is 0 Å². The Balaban J connectivity index is 2.17. The molecule has 1 N–H and O–H groups in total. The van der Waals surface area contributed by atoms with Gasteiger partial charge < -0.3 is 9.98 Å². The van der Waals surface area contributed by atoms with E-state index in [9.17, 15) is 4.39 Å². The van der Waals surface area contributed by atoms with Gasteiger partial charge in [-0.1, -0.05) is 12.1 Å². The van der Waals surface area contributed by atoms with Gasteiger partial charge in [-0.05, 0) is 49.0 Å². The van der Waals surface area contributed by atoms with E-state index in [2.05, 4.69) is 16.5 Å². The molecule has 3 aromatic rings. The van der Waals surface area contributed by atoms with Crippen molar-refractivity contribution in [2.75, 3.05) is 0 Å². The topological polar surface area (TPSA) is 41.7 Å². The first-order valence-electron chi connectivity index (χ1n) is 7.57. The fourth-order valence-electron chi connectivity index (χ4n) is 2.78. The Hall–Kier alpha value is -2.75. The highest BCUT2D eigenvalue weighted by Gasteiger charge is 2.16. The molecule has 3 nitrogen and oxygen atoms in total. The molecule has 116 valence electrons. The van der Waals surface area contributed by atoms with Gasteiger partial charge in [0, 0.05) is 42.2 Å². The van der Waals surface area contributed by atoms with Crippen LogP contribution in [-0.4, -0.2) is 15.8 Å². The Morgan fingerprint density at radius 3 is 2.43 bits per heavy atom. The van der Waals surface area contributed by atoms with Crippen LogP contribution in [0.1, 0.15) is 19.4 Å². The molecule has 0 spiro atoms. The zero-order chi connectivity index (χ0) is 16.2. The molecular formula is C19H18FN3. The van der Waals surface area contributed by atoms with E-state index in [1.807, 2.05) is 24.4 Å². The van der Waals surface area contributed by atoms with E-state index in [0.29, 0.717) is 6.42 Å². The summed E-state index contributed by atoms with van der Waals surface area (Å²) in [6.07, 6.45) is 7.65. The van der Waals surface area contributed by atoms with Gasteiger partial charge in [-0.25, -0.2) is 4.39 Å². The average Bonchev–Trinajstić information content (AvgIpc) is 3.01. The first-order valence-corrected chi connectivity index (χ1v) is 7.57. The molecular weight excluding hydrogens is 289 g/mol. The molecule has 1 atom stereocenters. The van der Waals surface area contributed by atoms with Crippen molar-refractivity contribution in [2.45, 2.75) is 19.4 Å². The molecule has 1 aromatic carbocycles. The van der Waals surface area contributed by atoms with Crippen molar-refractivity contribution in [3.63, 3.8) is 0 Å². The number of hydrogen-bond donors (Lipinski definition) is 1. The largest absolute Gasteiger partial charge is 0.344 e. The van der Waals surface area contributed by atoms with Gasteiger partial charge in [-0.15, -0.1) is 0 Å². The Morgan fingerprint density at radius 2 is 1.78 bits per heavy atom. The van der Waals surface area contributed by atoms with Crippen LogP contribution in [0, 0.1) is 11.2 Å². The van der Waals surface area contributed by atoms with Gasteiger partial charge in [0.25, 0.3) is 0 Å². The van der Waals surface area contributed by atoms with Crippen LogP contribution >= 0.6 is 0 Å². The monoisotopic (exact) mass is 307 g/mol. The van der Waals surface area contributed by atoms with Crippen molar-refractivity contribution in [3.05, 3.63) is 66.9 Å². The first kappa shape index (κ1) is 15.2. The standard InChI is InChI=1S/C19H18FN3/c1-14(6-10-21)23-13-9-18(15-2-4-17(20)5-3-15)19(23)16-7-11-22-12-8-16/h2-5,7-14,21H,6H2,1H3. The predicted molar refractivity (Wildman–Crippen MR) is 91.2 cm³/mol. The van der Waals surface area contributed by atoms with E-state index in [4.69, 9.17) is 5.41 Å². The average molecular weight is 307 g/mol. The van der Waals surface area contributed by atoms with Crippen molar-refractivity contribution in [3.8, 4) is 22.4 Å². The van der Waals surface area contributed by atoms with Crippen molar-refractivity contribution in [1.82, 2.24) is 9.55 Å². The van der Waals surface area contributed by atoms with E-state index in [1.165, 1.54) is 18.3 Å². The normalized spacial score (nSPS) is 12.1. The Bertz CT molecular complexity index is 791. The van der Waals surface area contributed by atoms with Crippen LogP contribution in [0.15, 0.2) is 61.1 Å². The number of nitrogens with one attached hydrogen (secondary N) is 1. The zero-order valence-corrected chi connectivity index (χ0v) is 12.9. The summed E-state index contributed by atoms with van der Waals surface area (Å²) in [6, 6.07) is 12.7. The lowest BCUT2D eigenvalue weighted by molar-refractivity contribution is 0.579. The fraction of sp³-hybridized carbons (Fsp3) is 0.158. The second-order valence-electron chi connectivity index (χ2n) is 5.52. The van der Waals surface area contributed by atoms with Gasteiger partial charge in [0.1, 0.15) is 5.82 Å². The van der Waals surface area contributed by atoms with E-state index in [1.54, 1.807) is 24.5 Å². The van der Waals surface area contributed by atoms with Gasteiger partial charge in [-0.2, -0.15) is 0 Å². The summed E-state index contributed by atoms with van der Waals surface area (Å²) >= 11 is 0. The highest BCUT2D eigenvalue weighted by Crippen LogP contribution is 2.35. The van der Waals surface area contributed by atoms with Gasteiger partial charge in [0.15, 0.2) is 0 Å². The molecule has 4 heteroatoms. The van der Waals surface area contributed by atoms with Crippen LogP contribution in [0.2, 0.25) is 0 Å². The summed E-state index contributed by atoms with van der Waals surface area (Å²) < 4.78 is 15.4. The lowest BCUT2D eigenvalue weighted by Gasteiger charge is -2.17. The third-order valence-electron chi connectivity index (χ3n) is 3.96. The summed E-state index contributed by atoms with van der Waals surface area (Å²) in [5.74, 6) is -0.240. The lowest BCUT2D eigenvalue weighted by Crippen LogP contribution is -2.06. The first-order chi connectivity index (χ1) is 11.2. The molecule has 0 amide bonds. The number of aromatic nitrogens is 2.